The maximum atomic E-state index is 13.9. The van der Waals surface area contributed by atoms with Crippen LogP contribution in [0.15, 0.2) is 36.4 Å². The van der Waals surface area contributed by atoms with Crippen molar-refractivity contribution in [3.63, 3.8) is 0 Å². The van der Waals surface area contributed by atoms with Gasteiger partial charge in [-0.05, 0) is 17.0 Å². The van der Waals surface area contributed by atoms with E-state index in [9.17, 15) is 19.6 Å². The van der Waals surface area contributed by atoms with E-state index in [2.05, 4.69) is 6.07 Å². The fourth-order valence-electron chi connectivity index (χ4n) is 3.51. The summed E-state index contributed by atoms with van der Waals surface area (Å²) in [4.78, 5) is 14.0. The number of thiophene rings is 1. The average Bonchev–Trinajstić information content (AvgIpc) is 3.07. The van der Waals surface area contributed by atoms with Crippen LogP contribution in [0.25, 0.3) is 10.8 Å². The fraction of sp³-hybridized carbons (Fsp3) is 0.238. The molecule has 28 heavy (non-hydrogen) atoms. The lowest BCUT2D eigenvalue weighted by molar-refractivity contribution is 0.0701. The van der Waals surface area contributed by atoms with Crippen LogP contribution in [0.3, 0.4) is 0 Å². The van der Waals surface area contributed by atoms with Gasteiger partial charge < -0.3 is 14.7 Å². The molecule has 0 amide bonds. The molecule has 1 fully saturated rings. The zero-order valence-corrected chi connectivity index (χ0v) is 15.8. The van der Waals surface area contributed by atoms with Crippen molar-refractivity contribution < 1.29 is 19.0 Å². The number of nitriles is 1. The summed E-state index contributed by atoms with van der Waals surface area (Å²) >= 11 is 1.14. The molecule has 1 aromatic heterocycles. The van der Waals surface area contributed by atoms with Crippen molar-refractivity contribution >= 4 is 33.1 Å². The quantitative estimate of drug-likeness (QED) is 0.721. The Morgan fingerprint density at radius 1 is 1.29 bits per heavy atom. The Morgan fingerprint density at radius 3 is 2.79 bits per heavy atom. The average molecular weight is 396 g/mol. The summed E-state index contributed by atoms with van der Waals surface area (Å²) in [5.41, 5.74) is 1.75. The van der Waals surface area contributed by atoms with E-state index in [4.69, 9.17) is 4.74 Å². The van der Waals surface area contributed by atoms with Crippen molar-refractivity contribution in [3.8, 4) is 6.07 Å². The predicted molar refractivity (Wildman–Crippen MR) is 106 cm³/mol. The molecule has 0 aliphatic carbocycles. The molecule has 1 aliphatic rings. The van der Waals surface area contributed by atoms with Gasteiger partial charge in [0.25, 0.3) is 0 Å². The highest BCUT2D eigenvalue weighted by molar-refractivity contribution is 7.18. The van der Waals surface area contributed by atoms with Gasteiger partial charge in [-0.2, -0.15) is 5.26 Å². The third kappa shape index (κ3) is 3.33. The zero-order valence-electron chi connectivity index (χ0n) is 14.9. The molecule has 0 saturated carbocycles. The molecule has 1 aliphatic heterocycles. The van der Waals surface area contributed by atoms with Crippen LogP contribution in [0.2, 0.25) is 0 Å². The van der Waals surface area contributed by atoms with Gasteiger partial charge in [0.05, 0.1) is 18.8 Å². The number of carbonyl (C=O) groups is 1. The van der Waals surface area contributed by atoms with E-state index in [1.807, 2.05) is 17.0 Å². The van der Waals surface area contributed by atoms with Gasteiger partial charge in [-0.25, -0.2) is 9.18 Å². The number of morpholine rings is 1. The number of benzene rings is 2. The maximum Gasteiger partial charge on any atom is 0.346 e. The minimum atomic E-state index is -1.04. The van der Waals surface area contributed by atoms with E-state index in [0.29, 0.717) is 54.2 Å². The Balaban J connectivity index is 1.77. The molecule has 7 heteroatoms. The van der Waals surface area contributed by atoms with Crippen LogP contribution in [-0.2, 0) is 11.2 Å². The third-order valence-electron chi connectivity index (χ3n) is 4.87. The molecule has 5 nitrogen and oxygen atoms in total. The Kier molecular flexibility index (Phi) is 4.99. The van der Waals surface area contributed by atoms with Gasteiger partial charge in [0.15, 0.2) is 0 Å². The van der Waals surface area contributed by atoms with Gasteiger partial charge in [0, 0.05) is 30.5 Å². The van der Waals surface area contributed by atoms with E-state index >= 15 is 0 Å². The molecule has 0 bridgehead atoms. The first-order valence-corrected chi connectivity index (χ1v) is 9.69. The number of anilines is 1. The van der Waals surface area contributed by atoms with E-state index in [0.717, 1.165) is 22.3 Å². The molecule has 2 aromatic carbocycles. The second-order valence-electron chi connectivity index (χ2n) is 6.58. The molecule has 0 atom stereocenters. The topological polar surface area (TPSA) is 73.6 Å². The van der Waals surface area contributed by atoms with Crippen molar-refractivity contribution in [2.75, 3.05) is 31.2 Å². The van der Waals surface area contributed by atoms with Gasteiger partial charge >= 0.3 is 5.97 Å². The lowest BCUT2D eigenvalue weighted by Gasteiger charge is -2.27. The first-order valence-electron chi connectivity index (χ1n) is 8.87. The maximum absolute atomic E-state index is 13.9. The number of fused-ring (bicyclic) bond motifs is 1. The van der Waals surface area contributed by atoms with Gasteiger partial charge in [0.2, 0.25) is 0 Å². The highest BCUT2D eigenvalue weighted by atomic mass is 32.1. The highest BCUT2D eigenvalue weighted by Crippen LogP contribution is 2.38. The van der Waals surface area contributed by atoms with Crippen LogP contribution in [0, 0.1) is 17.1 Å². The third-order valence-corrected chi connectivity index (χ3v) is 6.15. The first-order chi connectivity index (χ1) is 13.6. The number of carboxylic acids is 1. The van der Waals surface area contributed by atoms with Crippen molar-refractivity contribution in [3.05, 3.63) is 63.8 Å². The van der Waals surface area contributed by atoms with Crippen LogP contribution in [0.5, 0.6) is 0 Å². The molecular formula is C21H17FN2O3S. The number of nitrogens with zero attached hydrogens (tertiary/aromatic N) is 2. The monoisotopic (exact) mass is 396 g/mol. The molecule has 0 spiro atoms. The normalized spacial score (nSPS) is 14.2. The molecule has 0 unspecified atom stereocenters. The summed E-state index contributed by atoms with van der Waals surface area (Å²) in [5.74, 6) is -1.33. The Morgan fingerprint density at radius 2 is 2.07 bits per heavy atom. The van der Waals surface area contributed by atoms with Gasteiger partial charge in [-0.15, -0.1) is 11.3 Å². The summed E-state index contributed by atoms with van der Waals surface area (Å²) in [7, 11) is 0. The molecule has 2 heterocycles. The lowest BCUT2D eigenvalue weighted by atomic mass is 9.98. The molecular weight excluding hydrogens is 379 g/mol. The number of rotatable bonds is 4. The smallest absolute Gasteiger partial charge is 0.346 e. The second kappa shape index (κ2) is 7.58. The van der Waals surface area contributed by atoms with Gasteiger partial charge in [-0.3, -0.25) is 0 Å². The number of carboxylic acid groups (broad SMARTS) is 1. The highest BCUT2D eigenvalue weighted by Gasteiger charge is 2.26. The summed E-state index contributed by atoms with van der Waals surface area (Å²) < 4.78 is 19.3. The first kappa shape index (κ1) is 18.4. The predicted octanol–water partition coefficient (Wildman–Crippen LogP) is 4.04. The Bertz CT molecular complexity index is 1100. The minimum Gasteiger partial charge on any atom is -0.477 e. The number of hydrogen-bond acceptors (Lipinski definition) is 5. The van der Waals surface area contributed by atoms with Crippen molar-refractivity contribution in [2.45, 2.75) is 6.42 Å². The number of hydrogen-bond donors (Lipinski definition) is 1. The SMILES string of the molecule is N#Cc1c(N2CCOCC2)sc(C(=O)O)c1Cc1ccc2c(F)cccc2c1. The van der Waals surface area contributed by atoms with Gasteiger partial charge in [-0.1, -0.05) is 30.3 Å². The second-order valence-corrected chi connectivity index (χ2v) is 7.58. The van der Waals surface area contributed by atoms with Crippen molar-refractivity contribution in [1.82, 2.24) is 0 Å². The van der Waals surface area contributed by atoms with Gasteiger partial charge in [0.1, 0.15) is 21.8 Å². The van der Waals surface area contributed by atoms with E-state index in [1.165, 1.54) is 6.07 Å². The van der Waals surface area contributed by atoms with Crippen LogP contribution in [0.4, 0.5) is 9.39 Å². The van der Waals surface area contributed by atoms with E-state index in [-0.39, 0.29) is 10.7 Å². The standard InChI is InChI=1S/C21H17FN2O3S/c22-18-3-1-2-14-10-13(4-5-15(14)18)11-16-17(12-23)20(28-19(16)21(25)26)24-6-8-27-9-7-24/h1-5,10H,6-9,11H2,(H,25,26). The number of aromatic carboxylic acids is 1. The van der Waals surface area contributed by atoms with Crippen molar-refractivity contribution in [1.29, 1.82) is 5.26 Å². The van der Waals surface area contributed by atoms with Crippen LogP contribution >= 0.6 is 11.3 Å². The molecule has 4 rings (SSSR count). The van der Waals surface area contributed by atoms with Crippen LogP contribution in [0.1, 0.15) is 26.4 Å². The largest absolute Gasteiger partial charge is 0.477 e. The Hall–Kier alpha value is -2.95. The Labute approximate surface area is 165 Å². The van der Waals surface area contributed by atoms with E-state index in [1.54, 1.807) is 18.2 Å². The molecule has 1 saturated heterocycles. The summed E-state index contributed by atoms with van der Waals surface area (Å²) in [6.45, 7) is 2.36. The summed E-state index contributed by atoms with van der Waals surface area (Å²) in [5, 5.41) is 21.4. The number of halogens is 1. The van der Waals surface area contributed by atoms with Crippen LogP contribution in [-0.4, -0.2) is 37.4 Å². The molecule has 142 valence electrons. The summed E-state index contributed by atoms with van der Waals surface area (Å²) in [6, 6.07) is 12.4. The molecule has 1 N–H and O–H groups in total. The minimum absolute atomic E-state index is 0.178. The van der Waals surface area contributed by atoms with Crippen LogP contribution < -0.4 is 4.90 Å². The molecule has 0 radical (unpaired) electrons. The zero-order chi connectivity index (χ0) is 19.7. The fourth-order valence-corrected chi connectivity index (χ4v) is 4.67. The van der Waals surface area contributed by atoms with Crippen molar-refractivity contribution in [2.24, 2.45) is 0 Å². The lowest BCUT2D eigenvalue weighted by Crippen LogP contribution is -2.36. The summed E-state index contributed by atoms with van der Waals surface area (Å²) in [6.07, 6.45) is 0.303. The molecule has 3 aromatic rings. The number of ether oxygens (including phenoxy) is 1. The van der Waals surface area contributed by atoms with E-state index < -0.39 is 5.97 Å².